The number of carbonyl (C=O) groups is 3. The third kappa shape index (κ3) is 4.01. The molecule has 0 saturated carbocycles. The molecular formula is C27H21N3O6S. The summed E-state index contributed by atoms with van der Waals surface area (Å²) >= 11 is 1.08. The molecule has 2 aromatic carbocycles. The van der Waals surface area contributed by atoms with Crippen LogP contribution in [0.2, 0.25) is 0 Å². The average molecular weight is 516 g/mol. The first-order valence-corrected chi connectivity index (χ1v) is 12.0. The predicted octanol–water partition coefficient (Wildman–Crippen LogP) is 4.64. The van der Waals surface area contributed by atoms with Gasteiger partial charge in [-0.3, -0.25) is 19.5 Å². The van der Waals surface area contributed by atoms with Crippen LogP contribution >= 0.6 is 11.3 Å². The summed E-state index contributed by atoms with van der Waals surface area (Å²) in [4.78, 5) is 48.3. The molecule has 1 amide bonds. The molecule has 1 atom stereocenters. The molecule has 1 fully saturated rings. The fraction of sp³-hybridized carbons (Fsp3) is 0.148. The maximum Gasteiger partial charge on any atom is 0.335 e. The number of nitrogens with zero attached hydrogens (tertiary/aromatic N) is 3. The molecule has 3 heterocycles. The van der Waals surface area contributed by atoms with Gasteiger partial charge >= 0.3 is 11.9 Å². The van der Waals surface area contributed by atoms with Crippen molar-refractivity contribution in [1.82, 2.24) is 9.97 Å². The van der Waals surface area contributed by atoms with Gasteiger partial charge in [-0.05, 0) is 67.4 Å². The summed E-state index contributed by atoms with van der Waals surface area (Å²) < 4.78 is 5.90. The topological polar surface area (TPSA) is 130 Å². The second-order valence-corrected chi connectivity index (χ2v) is 9.55. The van der Waals surface area contributed by atoms with Gasteiger partial charge in [0.25, 0.3) is 5.78 Å². The lowest BCUT2D eigenvalue weighted by Gasteiger charge is -2.22. The lowest BCUT2D eigenvalue weighted by molar-refractivity contribution is -0.132. The standard InChI is InChI=1S/C27H21N3O6S/c1-13-11-19(36-3)14(2)10-16(13)23(31)21-22(18-6-4-5-9-28-18)30(25(33)24(21)32)27-29-17-8-7-15(26(34)35)12-20(17)37-27/h4-12,22,31H,1-3H3,(H,34,35)/b23-21+. The molecule has 186 valence electrons. The second-order valence-electron chi connectivity index (χ2n) is 8.54. The number of benzene rings is 2. The number of carboxylic acids is 1. The van der Waals surface area contributed by atoms with Crippen LogP contribution in [0.5, 0.6) is 5.75 Å². The molecule has 0 aliphatic carbocycles. The van der Waals surface area contributed by atoms with E-state index in [0.29, 0.717) is 32.8 Å². The number of hydrogen-bond acceptors (Lipinski definition) is 8. The highest BCUT2D eigenvalue weighted by Gasteiger charge is 2.49. The quantitative estimate of drug-likeness (QED) is 0.223. The lowest BCUT2D eigenvalue weighted by Crippen LogP contribution is -2.29. The Morgan fingerprint density at radius 2 is 1.84 bits per heavy atom. The Hall–Kier alpha value is -4.57. The number of thiazole rings is 1. The molecule has 0 spiro atoms. The number of pyridine rings is 1. The summed E-state index contributed by atoms with van der Waals surface area (Å²) in [5, 5.41) is 21.0. The van der Waals surface area contributed by atoms with Gasteiger partial charge in [-0.2, -0.15) is 0 Å². The second kappa shape index (κ2) is 9.14. The zero-order valence-corrected chi connectivity index (χ0v) is 20.9. The number of aliphatic hydroxyl groups is 1. The minimum Gasteiger partial charge on any atom is -0.507 e. The molecule has 0 bridgehead atoms. The first kappa shape index (κ1) is 24.1. The van der Waals surface area contributed by atoms with Gasteiger partial charge in [0.05, 0.1) is 34.2 Å². The van der Waals surface area contributed by atoms with Gasteiger partial charge in [0.2, 0.25) is 0 Å². The van der Waals surface area contributed by atoms with Crippen molar-refractivity contribution >= 4 is 50.1 Å². The summed E-state index contributed by atoms with van der Waals surface area (Å²) in [5.74, 6) is -2.51. The number of aryl methyl sites for hydroxylation is 2. The highest BCUT2D eigenvalue weighted by Crippen LogP contribution is 2.44. The third-order valence-corrected chi connectivity index (χ3v) is 7.26. The van der Waals surface area contributed by atoms with Crippen molar-refractivity contribution in [3.63, 3.8) is 0 Å². The van der Waals surface area contributed by atoms with Gasteiger partial charge in [0.1, 0.15) is 17.6 Å². The molecule has 1 unspecified atom stereocenters. The number of ketones is 1. The van der Waals surface area contributed by atoms with Crippen LogP contribution in [0.15, 0.2) is 60.3 Å². The van der Waals surface area contributed by atoms with Gasteiger partial charge in [0.15, 0.2) is 5.13 Å². The summed E-state index contributed by atoms with van der Waals surface area (Å²) in [5.41, 5.74) is 2.63. The summed E-state index contributed by atoms with van der Waals surface area (Å²) in [6.07, 6.45) is 1.54. The SMILES string of the molecule is COc1cc(C)c(/C(O)=C2\C(=O)C(=O)N(c3nc4ccc(C(=O)O)cc4s3)C2c2ccccn2)cc1C. The minimum absolute atomic E-state index is 0.0800. The number of Topliss-reactive ketones (excluding diaryl/α,β-unsaturated/α-hetero) is 1. The number of aromatic nitrogens is 2. The molecule has 9 nitrogen and oxygen atoms in total. The zero-order chi connectivity index (χ0) is 26.4. The Balaban J connectivity index is 1.72. The van der Waals surface area contributed by atoms with E-state index in [1.807, 2.05) is 6.92 Å². The number of carboxylic acid groups (broad SMARTS) is 1. The summed E-state index contributed by atoms with van der Waals surface area (Å²) in [6, 6.07) is 12.0. The fourth-order valence-electron chi connectivity index (χ4n) is 4.41. The van der Waals surface area contributed by atoms with Gasteiger partial charge in [-0.25, -0.2) is 9.78 Å². The van der Waals surface area contributed by atoms with Gasteiger partial charge in [-0.15, -0.1) is 0 Å². The maximum atomic E-state index is 13.4. The van der Waals surface area contributed by atoms with Crippen LogP contribution in [0.1, 0.15) is 38.8 Å². The van der Waals surface area contributed by atoms with Crippen molar-refractivity contribution in [1.29, 1.82) is 0 Å². The van der Waals surface area contributed by atoms with Crippen molar-refractivity contribution in [2.75, 3.05) is 12.0 Å². The van der Waals surface area contributed by atoms with Crippen molar-refractivity contribution in [2.45, 2.75) is 19.9 Å². The molecule has 4 aromatic rings. The van der Waals surface area contributed by atoms with E-state index in [2.05, 4.69) is 9.97 Å². The largest absolute Gasteiger partial charge is 0.507 e. The Kier molecular flexibility index (Phi) is 5.96. The monoisotopic (exact) mass is 515 g/mol. The molecule has 10 heteroatoms. The number of fused-ring (bicyclic) bond motifs is 1. The molecule has 5 rings (SSSR count). The Labute approximate surface area is 215 Å². The highest BCUT2D eigenvalue weighted by atomic mass is 32.1. The summed E-state index contributed by atoms with van der Waals surface area (Å²) in [7, 11) is 1.55. The highest BCUT2D eigenvalue weighted by molar-refractivity contribution is 7.22. The molecule has 37 heavy (non-hydrogen) atoms. The molecular weight excluding hydrogens is 494 g/mol. The van der Waals surface area contributed by atoms with Gasteiger partial charge < -0.3 is 14.9 Å². The number of amides is 1. The smallest absolute Gasteiger partial charge is 0.335 e. The maximum absolute atomic E-state index is 13.4. The average Bonchev–Trinajstić information content (AvgIpc) is 3.42. The Morgan fingerprint density at radius 3 is 2.51 bits per heavy atom. The van der Waals surface area contributed by atoms with E-state index in [1.165, 1.54) is 23.2 Å². The van der Waals surface area contributed by atoms with Crippen LogP contribution in [0.3, 0.4) is 0 Å². The number of aliphatic hydroxyl groups excluding tert-OH is 1. The molecule has 2 aromatic heterocycles. The van der Waals surface area contributed by atoms with E-state index >= 15 is 0 Å². The van der Waals surface area contributed by atoms with Gasteiger partial charge in [0, 0.05) is 11.8 Å². The predicted molar refractivity (Wildman–Crippen MR) is 138 cm³/mol. The number of hydrogen-bond donors (Lipinski definition) is 2. The Bertz CT molecular complexity index is 1630. The number of carbonyl (C=O) groups excluding carboxylic acids is 2. The van der Waals surface area contributed by atoms with E-state index in [4.69, 9.17) is 4.74 Å². The number of aromatic carboxylic acids is 1. The molecule has 1 aliphatic rings. The Morgan fingerprint density at radius 1 is 1.05 bits per heavy atom. The van der Waals surface area contributed by atoms with Crippen LogP contribution in [0.4, 0.5) is 5.13 Å². The first-order valence-electron chi connectivity index (χ1n) is 11.2. The number of methoxy groups -OCH3 is 1. The number of rotatable bonds is 5. The molecule has 2 N–H and O–H groups in total. The number of ether oxygens (including phenoxy) is 1. The zero-order valence-electron chi connectivity index (χ0n) is 20.1. The van der Waals surface area contributed by atoms with E-state index in [9.17, 15) is 24.6 Å². The van der Waals surface area contributed by atoms with E-state index in [0.717, 1.165) is 16.9 Å². The molecule has 1 aliphatic heterocycles. The fourth-order valence-corrected chi connectivity index (χ4v) is 5.44. The number of anilines is 1. The van der Waals surface area contributed by atoms with Crippen LogP contribution < -0.4 is 9.64 Å². The molecule has 0 radical (unpaired) electrons. The molecule has 1 saturated heterocycles. The van der Waals surface area contributed by atoms with Crippen LogP contribution in [-0.4, -0.2) is 45.0 Å². The van der Waals surface area contributed by atoms with E-state index < -0.39 is 23.7 Å². The third-order valence-electron chi connectivity index (χ3n) is 6.24. The van der Waals surface area contributed by atoms with Crippen molar-refractivity contribution < 1.29 is 29.3 Å². The summed E-state index contributed by atoms with van der Waals surface area (Å²) in [6.45, 7) is 3.59. The van der Waals surface area contributed by atoms with Crippen LogP contribution in [0, 0.1) is 13.8 Å². The minimum atomic E-state index is -1.09. The van der Waals surface area contributed by atoms with Crippen LogP contribution in [0.25, 0.3) is 16.0 Å². The van der Waals surface area contributed by atoms with Crippen molar-refractivity contribution in [3.8, 4) is 5.75 Å². The van der Waals surface area contributed by atoms with Gasteiger partial charge in [-0.1, -0.05) is 17.4 Å². The lowest BCUT2D eigenvalue weighted by atomic mass is 9.95. The van der Waals surface area contributed by atoms with Crippen LogP contribution in [-0.2, 0) is 9.59 Å². The van der Waals surface area contributed by atoms with E-state index in [-0.39, 0.29) is 22.0 Å². The van der Waals surface area contributed by atoms with Crippen molar-refractivity contribution in [2.24, 2.45) is 0 Å². The van der Waals surface area contributed by atoms with Crippen molar-refractivity contribution in [3.05, 3.63) is 88.2 Å². The van der Waals surface area contributed by atoms with E-state index in [1.54, 1.807) is 50.4 Å². The first-order chi connectivity index (χ1) is 17.7. The normalized spacial score (nSPS) is 16.9.